The van der Waals surface area contributed by atoms with Crippen molar-refractivity contribution in [3.63, 3.8) is 0 Å². The van der Waals surface area contributed by atoms with E-state index < -0.39 is 5.97 Å². The maximum Gasteiger partial charge on any atom is 0.309 e. The number of H-pyrrole nitrogens is 1. The Labute approximate surface area is 110 Å². The monoisotopic (exact) mass is 258 g/mol. The maximum absolute atomic E-state index is 11.5. The Morgan fingerprint density at radius 2 is 2.00 bits per heavy atom. The van der Waals surface area contributed by atoms with Crippen molar-refractivity contribution >= 4 is 5.97 Å². The van der Waals surface area contributed by atoms with Crippen LogP contribution in [0.5, 0.6) is 0 Å². The third kappa shape index (κ3) is 3.28. The van der Waals surface area contributed by atoms with Gasteiger partial charge in [-0.2, -0.15) is 0 Å². The summed E-state index contributed by atoms with van der Waals surface area (Å²) in [6, 6.07) is 8.85. The Bertz CT molecular complexity index is 644. The van der Waals surface area contributed by atoms with Gasteiger partial charge in [0.1, 0.15) is 5.82 Å². The third-order valence-corrected chi connectivity index (χ3v) is 2.76. The normalized spacial score (nSPS) is 10.4. The van der Waals surface area contributed by atoms with Crippen LogP contribution in [-0.4, -0.2) is 21.0 Å². The molecule has 0 unspecified atom stereocenters. The number of hydrogen-bond acceptors (Lipinski definition) is 3. The van der Waals surface area contributed by atoms with Crippen molar-refractivity contribution in [3.05, 3.63) is 51.9 Å². The van der Waals surface area contributed by atoms with Gasteiger partial charge in [0, 0.05) is 11.6 Å². The van der Waals surface area contributed by atoms with Crippen LogP contribution in [0.15, 0.2) is 35.1 Å². The zero-order valence-electron chi connectivity index (χ0n) is 10.5. The van der Waals surface area contributed by atoms with E-state index in [-0.39, 0.29) is 17.7 Å². The summed E-state index contributed by atoms with van der Waals surface area (Å²) in [5.41, 5.74) is 1.86. The van der Waals surface area contributed by atoms with Crippen LogP contribution in [0.4, 0.5) is 0 Å². The molecule has 0 aliphatic rings. The number of aliphatic carboxylic acids is 1. The average Bonchev–Trinajstić information content (AvgIpc) is 2.37. The molecular weight excluding hydrogens is 244 g/mol. The number of benzene rings is 1. The average molecular weight is 258 g/mol. The lowest BCUT2D eigenvalue weighted by Gasteiger charge is -2.04. The molecule has 2 rings (SSSR count). The summed E-state index contributed by atoms with van der Waals surface area (Å²) in [4.78, 5) is 28.9. The fraction of sp³-hybridized carbons (Fsp3) is 0.214. The Balaban J connectivity index is 2.40. The van der Waals surface area contributed by atoms with Crippen LogP contribution in [0.3, 0.4) is 0 Å². The number of hydrogen-bond donors (Lipinski definition) is 2. The molecule has 0 fully saturated rings. The Hall–Kier alpha value is -2.43. The van der Waals surface area contributed by atoms with Gasteiger partial charge in [0.2, 0.25) is 0 Å². The molecule has 19 heavy (non-hydrogen) atoms. The highest BCUT2D eigenvalue weighted by molar-refractivity contribution is 5.69. The molecule has 1 aromatic carbocycles. The molecule has 5 nitrogen and oxygen atoms in total. The summed E-state index contributed by atoms with van der Waals surface area (Å²) in [7, 11) is 0. The highest BCUT2D eigenvalue weighted by Crippen LogP contribution is 2.15. The van der Waals surface area contributed by atoms with Gasteiger partial charge < -0.3 is 10.1 Å². The van der Waals surface area contributed by atoms with Gasteiger partial charge in [-0.3, -0.25) is 9.59 Å². The lowest BCUT2D eigenvalue weighted by molar-refractivity contribution is -0.136. The highest BCUT2D eigenvalue weighted by Gasteiger charge is 2.07. The van der Waals surface area contributed by atoms with Crippen molar-refractivity contribution in [1.82, 2.24) is 9.97 Å². The second kappa shape index (κ2) is 5.48. The highest BCUT2D eigenvalue weighted by atomic mass is 16.4. The first-order valence-corrected chi connectivity index (χ1v) is 6.00. The van der Waals surface area contributed by atoms with Gasteiger partial charge in [0.05, 0.1) is 12.1 Å². The lowest BCUT2D eigenvalue weighted by atomic mass is 10.1. The molecule has 0 spiro atoms. The van der Waals surface area contributed by atoms with Crippen LogP contribution in [0, 0.1) is 0 Å². The minimum atomic E-state index is -1.01. The molecule has 0 aliphatic heterocycles. The molecule has 1 aromatic heterocycles. The van der Waals surface area contributed by atoms with Gasteiger partial charge in [-0.25, -0.2) is 4.98 Å². The molecule has 5 heteroatoms. The van der Waals surface area contributed by atoms with Gasteiger partial charge in [-0.05, 0) is 12.0 Å². The van der Waals surface area contributed by atoms with Crippen molar-refractivity contribution in [1.29, 1.82) is 0 Å². The maximum atomic E-state index is 11.5. The number of aryl methyl sites for hydroxylation is 1. The first-order chi connectivity index (χ1) is 9.08. The minimum Gasteiger partial charge on any atom is -0.481 e. The van der Waals surface area contributed by atoms with Gasteiger partial charge in [-0.1, -0.05) is 31.2 Å². The van der Waals surface area contributed by atoms with E-state index in [1.165, 1.54) is 11.6 Å². The number of aromatic nitrogens is 2. The van der Waals surface area contributed by atoms with E-state index in [1.54, 1.807) is 0 Å². The summed E-state index contributed by atoms with van der Waals surface area (Å²) in [6.07, 6.45) is 0.674. The van der Waals surface area contributed by atoms with Crippen LogP contribution >= 0.6 is 0 Å². The molecule has 2 N–H and O–H groups in total. The quantitative estimate of drug-likeness (QED) is 0.873. The van der Waals surface area contributed by atoms with Gasteiger partial charge in [0.15, 0.2) is 0 Å². The number of carboxylic acids is 1. The molecule has 0 radical (unpaired) electrons. The molecule has 0 aliphatic carbocycles. The van der Waals surface area contributed by atoms with Crippen molar-refractivity contribution < 1.29 is 9.90 Å². The van der Waals surface area contributed by atoms with Crippen LogP contribution in [-0.2, 0) is 17.6 Å². The topological polar surface area (TPSA) is 83.0 Å². The van der Waals surface area contributed by atoms with E-state index in [2.05, 4.69) is 16.9 Å². The molecule has 0 saturated heterocycles. The smallest absolute Gasteiger partial charge is 0.309 e. The summed E-state index contributed by atoms with van der Waals surface area (Å²) in [5.74, 6) is -0.614. The van der Waals surface area contributed by atoms with E-state index >= 15 is 0 Å². The van der Waals surface area contributed by atoms with Crippen molar-refractivity contribution in [2.45, 2.75) is 19.8 Å². The molecule has 1 heterocycles. The second-order valence-electron chi connectivity index (χ2n) is 4.21. The summed E-state index contributed by atoms with van der Waals surface area (Å²) in [6.45, 7) is 2.06. The lowest BCUT2D eigenvalue weighted by Crippen LogP contribution is -2.13. The summed E-state index contributed by atoms with van der Waals surface area (Å²) >= 11 is 0. The zero-order valence-corrected chi connectivity index (χ0v) is 10.5. The van der Waals surface area contributed by atoms with E-state index in [4.69, 9.17) is 5.11 Å². The van der Waals surface area contributed by atoms with Crippen LogP contribution in [0.2, 0.25) is 0 Å². The SMILES string of the molecule is CCc1ccc(-c2nc(CC(=O)O)cc(=O)[nH]2)cc1. The Morgan fingerprint density at radius 1 is 1.32 bits per heavy atom. The van der Waals surface area contributed by atoms with Gasteiger partial charge in [0.25, 0.3) is 5.56 Å². The summed E-state index contributed by atoms with van der Waals surface area (Å²) < 4.78 is 0. The molecule has 0 saturated carbocycles. The first-order valence-electron chi connectivity index (χ1n) is 6.00. The third-order valence-electron chi connectivity index (χ3n) is 2.76. The van der Waals surface area contributed by atoms with Crippen LogP contribution < -0.4 is 5.56 Å². The van der Waals surface area contributed by atoms with E-state index in [9.17, 15) is 9.59 Å². The molecule has 98 valence electrons. The number of nitrogens with one attached hydrogen (secondary N) is 1. The number of nitrogens with zero attached hydrogens (tertiary/aromatic N) is 1. The number of rotatable bonds is 4. The molecular formula is C14H14N2O3. The Kier molecular flexibility index (Phi) is 3.75. The first kappa shape index (κ1) is 13.0. The molecule has 0 amide bonds. The standard InChI is InChI=1S/C14H14N2O3/c1-2-9-3-5-10(6-4-9)14-15-11(8-13(18)19)7-12(17)16-14/h3-7H,2,8H2,1H3,(H,18,19)(H,15,16,17). The van der Waals surface area contributed by atoms with Gasteiger partial charge in [-0.15, -0.1) is 0 Å². The molecule has 0 atom stereocenters. The van der Waals surface area contributed by atoms with Crippen molar-refractivity contribution in [2.24, 2.45) is 0 Å². The largest absolute Gasteiger partial charge is 0.481 e. The van der Waals surface area contributed by atoms with Gasteiger partial charge >= 0.3 is 5.97 Å². The van der Waals surface area contributed by atoms with Crippen molar-refractivity contribution in [2.75, 3.05) is 0 Å². The fourth-order valence-electron chi connectivity index (χ4n) is 1.79. The van der Waals surface area contributed by atoms with Crippen molar-refractivity contribution in [3.8, 4) is 11.4 Å². The zero-order chi connectivity index (χ0) is 13.8. The summed E-state index contributed by atoms with van der Waals surface area (Å²) in [5, 5.41) is 8.74. The van der Waals surface area contributed by atoms with E-state index in [1.807, 2.05) is 24.3 Å². The fourth-order valence-corrected chi connectivity index (χ4v) is 1.79. The molecule has 0 bridgehead atoms. The number of carbonyl (C=O) groups is 1. The second-order valence-corrected chi connectivity index (χ2v) is 4.21. The van der Waals surface area contributed by atoms with Crippen LogP contribution in [0.1, 0.15) is 18.2 Å². The predicted molar refractivity (Wildman–Crippen MR) is 71.0 cm³/mol. The molecule has 2 aromatic rings. The van der Waals surface area contributed by atoms with E-state index in [0.717, 1.165) is 12.0 Å². The Morgan fingerprint density at radius 3 is 2.58 bits per heavy atom. The predicted octanol–water partition coefficient (Wildman–Crippen LogP) is 1.63. The minimum absolute atomic E-state index is 0.255. The number of carboxylic acid groups (broad SMARTS) is 1. The van der Waals surface area contributed by atoms with E-state index in [0.29, 0.717) is 5.82 Å². The van der Waals surface area contributed by atoms with Crippen LogP contribution in [0.25, 0.3) is 11.4 Å². The number of aromatic amines is 1.